The average Bonchev–Trinajstić information content (AvgIpc) is 1.78. The van der Waals surface area contributed by atoms with E-state index < -0.39 is 13.4 Å². The molecule has 0 aromatic rings. The number of hydrogen-bond donors (Lipinski definition) is 1. The summed E-state index contributed by atoms with van der Waals surface area (Å²) in [5, 5.41) is 2.55. The van der Waals surface area contributed by atoms with Crippen LogP contribution in [-0.4, -0.2) is 43.4 Å². The molecule has 1 fully saturated rings. The quantitative estimate of drug-likeness (QED) is 0.523. The SMILES string of the molecule is CC1CN(C[B-](F)(F)F)CC(=O)N1.[K+]. The van der Waals surface area contributed by atoms with Crippen LogP contribution in [0.2, 0.25) is 0 Å². The Morgan fingerprint density at radius 3 is 2.57 bits per heavy atom. The molecule has 0 aromatic carbocycles. The van der Waals surface area contributed by atoms with Crippen LogP contribution in [0.25, 0.3) is 0 Å². The van der Waals surface area contributed by atoms with E-state index in [-0.39, 0.29) is 76.4 Å². The monoisotopic (exact) mass is 234 g/mol. The van der Waals surface area contributed by atoms with Crippen LogP contribution in [0.1, 0.15) is 6.92 Å². The summed E-state index contributed by atoms with van der Waals surface area (Å²) >= 11 is 0. The number of amides is 1. The fourth-order valence-electron chi connectivity index (χ4n) is 1.45. The van der Waals surface area contributed by atoms with Gasteiger partial charge >= 0.3 is 58.4 Å². The molecule has 1 unspecified atom stereocenters. The second-order valence-corrected chi connectivity index (χ2v) is 3.37. The smallest absolute Gasteiger partial charge is 0.448 e. The molecule has 8 heteroatoms. The van der Waals surface area contributed by atoms with Gasteiger partial charge in [0.1, 0.15) is 0 Å². The molecule has 1 saturated heterocycles. The van der Waals surface area contributed by atoms with Gasteiger partial charge in [-0.05, 0) is 13.4 Å². The van der Waals surface area contributed by atoms with Crippen molar-refractivity contribution in [1.29, 1.82) is 0 Å². The first-order valence-electron chi connectivity index (χ1n) is 4.09. The number of nitrogens with one attached hydrogen (secondary N) is 1. The summed E-state index contributed by atoms with van der Waals surface area (Å²) in [7, 11) is 0. The van der Waals surface area contributed by atoms with Crippen LogP contribution >= 0.6 is 0 Å². The molecule has 0 bridgehead atoms. The van der Waals surface area contributed by atoms with Crippen LogP contribution in [0.15, 0.2) is 0 Å². The maximum Gasteiger partial charge on any atom is 1.00 e. The minimum absolute atomic E-state index is 0. The number of rotatable bonds is 2. The molecular formula is C6H11BF3KN2O. The Morgan fingerprint density at radius 1 is 1.57 bits per heavy atom. The first kappa shape index (κ1) is 14.9. The van der Waals surface area contributed by atoms with Crippen molar-refractivity contribution in [2.24, 2.45) is 0 Å². The van der Waals surface area contributed by atoms with Crippen LogP contribution in [0, 0.1) is 0 Å². The standard InChI is InChI=1S/C6H11BF3N2O.K/c1-5-2-12(3-6(13)11-5)4-7(8,9)10;/h5H,2-4H2,1H3,(H,11,13);/q-1;+1. The van der Waals surface area contributed by atoms with Crippen molar-refractivity contribution in [2.45, 2.75) is 13.0 Å². The first-order chi connectivity index (χ1) is 5.87. The van der Waals surface area contributed by atoms with E-state index in [0.717, 1.165) is 4.90 Å². The van der Waals surface area contributed by atoms with Gasteiger partial charge in [0, 0.05) is 12.6 Å². The van der Waals surface area contributed by atoms with E-state index in [4.69, 9.17) is 0 Å². The molecule has 1 aliphatic heterocycles. The van der Waals surface area contributed by atoms with E-state index in [1.807, 2.05) is 0 Å². The van der Waals surface area contributed by atoms with Gasteiger partial charge in [-0.3, -0.25) is 4.79 Å². The number of carbonyl (C=O) groups is 1. The number of nitrogens with zero attached hydrogens (tertiary/aromatic N) is 1. The van der Waals surface area contributed by atoms with Gasteiger partial charge in [-0.1, -0.05) is 0 Å². The Morgan fingerprint density at radius 2 is 2.14 bits per heavy atom. The minimum Gasteiger partial charge on any atom is -0.448 e. The van der Waals surface area contributed by atoms with Crippen LogP contribution in [-0.2, 0) is 4.79 Å². The zero-order chi connectivity index (χ0) is 10.1. The number of hydrogen-bond acceptors (Lipinski definition) is 2. The predicted octanol–water partition coefficient (Wildman–Crippen LogP) is -2.80. The molecule has 0 radical (unpaired) electrons. The molecule has 0 saturated carbocycles. The Balaban J connectivity index is 0.00000169. The van der Waals surface area contributed by atoms with Crippen LogP contribution < -0.4 is 56.7 Å². The Labute approximate surface area is 123 Å². The van der Waals surface area contributed by atoms with Crippen molar-refractivity contribution in [2.75, 3.05) is 19.5 Å². The zero-order valence-electron chi connectivity index (χ0n) is 8.27. The van der Waals surface area contributed by atoms with Crippen molar-refractivity contribution in [3.8, 4) is 0 Å². The van der Waals surface area contributed by atoms with Gasteiger partial charge in [-0.2, -0.15) is 0 Å². The van der Waals surface area contributed by atoms with Gasteiger partial charge in [0.15, 0.2) is 0 Å². The van der Waals surface area contributed by atoms with E-state index in [0.29, 0.717) is 0 Å². The van der Waals surface area contributed by atoms with Crippen LogP contribution in [0.5, 0.6) is 0 Å². The third-order valence-electron chi connectivity index (χ3n) is 1.77. The Kier molecular flexibility index (Phi) is 6.24. The van der Waals surface area contributed by atoms with E-state index in [1.54, 1.807) is 6.92 Å². The molecule has 1 aliphatic rings. The Bertz CT molecular complexity index is 214. The molecule has 0 aromatic heterocycles. The van der Waals surface area contributed by atoms with Crippen molar-refractivity contribution < 1.29 is 69.1 Å². The fourth-order valence-corrected chi connectivity index (χ4v) is 1.45. The number of halogens is 3. The summed E-state index contributed by atoms with van der Waals surface area (Å²) in [4.78, 5) is 12.0. The maximum absolute atomic E-state index is 12.0. The van der Waals surface area contributed by atoms with Gasteiger partial charge in [0.2, 0.25) is 5.91 Å². The molecule has 1 rings (SSSR count). The van der Waals surface area contributed by atoms with Gasteiger partial charge in [0.25, 0.3) is 0 Å². The average molecular weight is 234 g/mol. The van der Waals surface area contributed by atoms with Crippen LogP contribution in [0.4, 0.5) is 12.9 Å². The van der Waals surface area contributed by atoms with Gasteiger partial charge in [-0.25, -0.2) is 0 Å². The largest absolute Gasteiger partial charge is 1.00 e. The van der Waals surface area contributed by atoms with E-state index in [9.17, 15) is 17.7 Å². The Hall–Kier alpha value is 0.921. The molecule has 76 valence electrons. The summed E-state index contributed by atoms with van der Waals surface area (Å²) in [6.07, 6.45) is -0.947. The van der Waals surface area contributed by atoms with E-state index in [2.05, 4.69) is 5.32 Å². The van der Waals surface area contributed by atoms with Crippen molar-refractivity contribution in [3.05, 3.63) is 0 Å². The second kappa shape index (κ2) is 5.86. The summed E-state index contributed by atoms with van der Waals surface area (Å²) in [6, 6.07) is -0.195. The van der Waals surface area contributed by atoms with Crippen LogP contribution in [0.3, 0.4) is 0 Å². The fraction of sp³-hybridized carbons (Fsp3) is 0.833. The molecule has 1 atom stereocenters. The molecule has 0 aliphatic carbocycles. The summed E-state index contributed by atoms with van der Waals surface area (Å²) in [6.45, 7) is -3.01. The molecule has 1 N–H and O–H groups in total. The maximum atomic E-state index is 12.0. The van der Waals surface area contributed by atoms with Crippen molar-refractivity contribution >= 4 is 12.9 Å². The van der Waals surface area contributed by atoms with E-state index >= 15 is 0 Å². The van der Waals surface area contributed by atoms with Gasteiger partial charge in [0.05, 0.1) is 6.54 Å². The second-order valence-electron chi connectivity index (χ2n) is 3.37. The summed E-state index contributed by atoms with van der Waals surface area (Å²) in [5.74, 6) is -0.334. The molecule has 1 heterocycles. The minimum atomic E-state index is -4.82. The predicted molar refractivity (Wildman–Crippen MR) is 43.1 cm³/mol. The first-order valence-corrected chi connectivity index (χ1v) is 4.09. The van der Waals surface area contributed by atoms with Crippen molar-refractivity contribution in [1.82, 2.24) is 10.2 Å². The normalized spacial score (nSPS) is 24.0. The summed E-state index contributed by atoms with van der Waals surface area (Å²) in [5.41, 5.74) is 0. The summed E-state index contributed by atoms with van der Waals surface area (Å²) < 4.78 is 36.0. The third kappa shape index (κ3) is 5.72. The van der Waals surface area contributed by atoms with Gasteiger partial charge in [-0.15, -0.1) is 0 Å². The van der Waals surface area contributed by atoms with E-state index in [1.165, 1.54) is 0 Å². The third-order valence-corrected chi connectivity index (χ3v) is 1.77. The molecule has 1 amide bonds. The van der Waals surface area contributed by atoms with Crippen molar-refractivity contribution in [3.63, 3.8) is 0 Å². The van der Waals surface area contributed by atoms with Gasteiger partial charge < -0.3 is 23.2 Å². The number of carbonyl (C=O) groups excluding carboxylic acids is 1. The number of piperazine rings is 1. The topological polar surface area (TPSA) is 32.3 Å². The zero-order valence-corrected chi connectivity index (χ0v) is 11.4. The molecule has 3 nitrogen and oxygen atoms in total. The molecule has 14 heavy (non-hydrogen) atoms. The molecular weight excluding hydrogens is 223 g/mol. The molecule has 0 spiro atoms.